The van der Waals surface area contributed by atoms with Gasteiger partial charge in [0.1, 0.15) is 5.69 Å². The molecular formula is C22H26N2O. The van der Waals surface area contributed by atoms with Gasteiger partial charge < -0.3 is 5.73 Å². The molecule has 0 amide bonds. The van der Waals surface area contributed by atoms with Gasteiger partial charge in [-0.25, -0.2) is 4.98 Å². The lowest BCUT2D eigenvalue weighted by Crippen LogP contribution is -2.23. The molecule has 2 aliphatic carbocycles. The Morgan fingerprint density at radius 1 is 0.920 bits per heavy atom. The van der Waals surface area contributed by atoms with Crippen LogP contribution in [0.25, 0.3) is 0 Å². The van der Waals surface area contributed by atoms with E-state index in [1.165, 1.54) is 18.4 Å². The monoisotopic (exact) mass is 334 g/mol. The molecule has 2 fully saturated rings. The van der Waals surface area contributed by atoms with Crippen LogP contribution < -0.4 is 5.73 Å². The largest absolute Gasteiger partial charge is 0.325 e. The van der Waals surface area contributed by atoms with E-state index < -0.39 is 0 Å². The number of pyridine rings is 1. The van der Waals surface area contributed by atoms with Crippen molar-refractivity contribution in [2.75, 3.05) is 0 Å². The number of ketones is 1. The average Bonchev–Trinajstić information content (AvgIpc) is 3.53. The van der Waals surface area contributed by atoms with Gasteiger partial charge in [-0.05, 0) is 67.6 Å². The molecule has 0 spiro atoms. The third-order valence-electron chi connectivity index (χ3n) is 5.81. The third kappa shape index (κ3) is 3.52. The molecule has 0 radical (unpaired) electrons. The first-order chi connectivity index (χ1) is 12.3. The van der Waals surface area contributed by atoms with Gasteiger partial charge in [0.15, 0.2) is 5.78 Å². The van der Waals surface area contributed by atoms with Gasteiger partial charge in [-0.2, -0.15) is 0 Å². The third-order valence-corrected chi connectivity index (χ3v) is 5.81. The molecule has 0 atom stereocenters. The predicted octanol–water partition coefficient (Wildman–Crippen LogP) is 4.57. The Kier molecular flexibility index (Phi) is 4.67. The SMILES string of the molecule is NCc1ccc(C2CC2)c(C(=O)C2CCC(c3ccccc3)CC2)n1. The zero-order chi connectivity index (χ0) is 17.2. The Hall–Kier alpha value is -2.00. The lowest BCUT2D eigenvalue weighted by molar-refractivity contribution is 0.0877. The quantitative estimate of drug-likeness (QED) is 0.815. The molecule has 2 aromatic rings. The summed E-state index contributed by atoms with van der Waals surface area (Å²) >= 11 is 0. The van der Waals surface area contributed by atoms with Crippen LogP contribution in [0.15, 0.2) is 42.5 Å². The van der Waals surface area contributed by atoms with Crippen molar-refractivity contribution in [1.82, 2.24) is 4.98 Å². The van der Waals surface area contributed by atoms with Gasteiger partial charge >= 0.3 is 0 Å². The fourth-order valence-corrected chi connectivity index (χ4v) is 4.15. The van der Waals surface area contributed by atoms with Crippen LogP contribution >= 0.6 is 0 Å². The maximum absolute atomic E-state index is 13.2. The van der Waals surface area contributed by atoms with Crippen molar-refractivity contribution in [3.8, 4) is 0 Å². The number of nitrogens with zero attached hydrogens (tertiary/aromatic N) is 1. The first-order valence-corrected chi connectivity index (χ1v) is 9.55. The normalized spacial score (nSPS) is 23.4. The van der Waals surface area contributed by atoms with E-state index in [0.717, 1.165) is 36.9 Å². The molecule has 2 aliphatic rings. The molecule has 0 unspecified atom stereocenters. The van der Waals surface area contributed by atoms with E-state index in [1.807, 2.05) is 6.07 Å². The van der Waals surface area contributed by atoms with Gasteiger partial charge in [-0.3, -0.25) is 4.79 Å². The lowest BCUT2D eigenvalue weighted by atomic mass is 9.76. The molecule has 1 aromatic heterocycles. The molecule has 1 aromatic carbocycles. The molecule has 2 N–H and O–H groups in total. The second-order valence-electron chi connectivity index (χ2n) is 7.54. The number of rotatable bonds is 5. The van der Waals surface area contributed by atoms with Crippen LogP contribution in [0.3, 0.4) is 0 Å². The Balaban J connectivity index is 1.49. The van der Waals surface area contributed by atoms with E-state index in [1.54, 1.807) is 0 Å². The number of Topliss-reactive ketones (excluding diaryl/α,β-unsaturated/α-hetero) is 1. The Morgan fingerprint density at radius 3 is 2.24 bits per heavy atom. The molecule has 1 heterocycles. The molecule has 0 aliphatic heterocycles. The zero-order valence-corrected chi connectivity index (χ0v) is 14.7. The molecule has 0 bridgehead atoms. The summed E-state index contributed by atoms with van der Waals surface area (Å²) in [6, 6.07) is 14.8. The number of carbonyl (C=O) groups is 1. The van der Waals surface area contributed by atoms with E-state index >= 15 is 0 Å². The van der Waals surface area contributed by atoms with Crippen LogP contribution in [0, 0.1) is 5.92 Å². The summed E-state index contributed by atoms with van der Waals surface area (Å²) in [7, 11) is 0. The number of hydrogen-bond donors (Lipinski definition) is 1. The highest BCUT2D eigenvalue weighted by molar-refractivity contribution is 5.97. The molecule has 3 heteroatoms. The predicted molar refractivity (Wildman–Crippen MR) is 99.6 cm³/mol. The first-order valence-electron chi connectivity index (χ1n) is 9.55. The van der Waals surface area contributed by atoms with E-state index in [-0.39, 0.29) is 11.7 Å². The number of aromatic nitrogens is 1. The minimum Gasteiger partial charge on any atom is -0.325 e. The summed E-state index contributed by atoms with van der Waals surface area (Å²) in [5, 5.41) is 0. The van der Waals surface area contributed by atoms with Crippen LogP contribution in [-0.2, 0) is 6.54 Å². The Labute approximate surface area is 149 Å². The summed E-state index contributed by atoms with van der Waals surface area (Å²) in [5.74, 6) is 1.51. The molecule has 4 rings (SSSR count). The highest BCUT2D eigenvalue weighted by Crippen LogP contribution is 2.43. The Bertz CT molecular complexity index is 744. The molecule has 130 valence electrons. The minimum atomic E-state index is 0.123. The standard InChI is InChI=1S/C22H26N2O/c23-14-19-12-13-20(17-8-9-17)21(24-19)22(25)18-10-6-16(7-11-18)15-4-2-1-3-5-15/h1-5,12-13,16-18H,6-11,14,23H2. The highest BCUT2D eigenvalue weighted by Gasteiger charge is 2.33. The van der Waals surface area contributed by atoms with Crippen molar-refractivity contribution in [2.24, 2.45) is 11.7 Å². The average molecular weight is 334 g/mol. The molecule has 25 heavy (non-hydrogen) atoms. The van der Waals surface area contributed by atoms with Gasteiger partial charge in [0, 0.05) is 12.5 Å². The molecule has 0 saturated heterocycles. The highest BCUT2D eigenvalue weighted by atomic mass is 16.1. The topological polar surface area (TPSA) is 56.0 Å². The van der Waals surface area contributed by atoms with E-state index in [2.05, 4.69) is 41.4 Å². The van der Waals surface area contributed by atoms with Gasteiger partial charge in [-0.1, -0.05) is 36.4 Å². The van der Waals surface area contributed by atoms with E-state index in [0.29, 0.717) is 24.1 Å². The Morgan fingerprint density at radius 2 is 1.60 bits per heavy atom. The molecule has 3 nitrogen and oxygen atoms in total. The van der Waals surface area contributed by atoms with E-state index in [4.69, 9.17) is 5.73 Å². The van der Waals surface area contributed by atoms with Crippen LogP contribution in [0.1, 0.15) is 77.7 Å². The number of benzene rings is 1. The summed E-state index contributed by atoms with van der Waals surface area (Å²) in [6.07, 6.45) is 6.49. The number of hydrogen-bond acceptors (Lipinski definition) is 3. The van der Waals surface area contributed by atoms with Crippen LogP contribution in [0.4, 0.5) is 0 Å². The van der Waals surface area contributed by atoms with Crippen LogP contribution in [-0.4, -0.2) is 10.8 Å². The van der Waals surface area contributed by atoms with Gasteiger partial charge in [0.25, 0.3) is 0 Å². The maximum atomic E-state index is 13.2. The van der Waals surface area contributed by atoms with Crippen LogP contribution in [0.5, 0.6) is 0 Å². The van der Waals surface area contributed by atoms with Crippen molar-refractivity contribution in [3.63, 3.8) is 0 Å². The summed E-state index contributed by atoms with van der Waals surface area (Å²) in [5.41, 5.74) is 9.86. The van der Waals surface area contributed by atoms with Crippen LogP contribution in [0.2, 0.25) is 0 Å². The smallest absolute Gasteiger partial charge is 0.184 e. The second kappa shape index (κ2) is 7.09. The number of nitrogens with two attached hydrogens (primary N) is 1. The fourth-order valence-electron chi connectivity index (χ4n) is 4.15. The summed E-state index contributed by atoms with van der Waals surface area (Å²) < 4.78 is 0. The maximum Gasteiger partial charge on any atom is 0.184 e. The van der Waals surface area contributed by atoms with Crippen molar-refractivity contribution in [2.45, 2.75) is 56.9 Å². The molecule has 2 saturated carbocycles. The molecular weight excluding hydrogens is 308 g/mol. The van der Waals surface area contributed by atoms with Crippen molar-refractivity contribution in [3.05, 3.63) is 65.0 Å². The van der Waals surface area contributed by atoms with Crippen molar-refractivity contribution < 1.29 is 4.79 Å². The van der Waals surface area contributed by atoms with Crippen molar-refractivity contribution in [1.29, 1.82) is 0 Å². The summed E-state index contributed by atoms with van der Waals surface area (Å²) in [6.45, 7) is 0.395. The minimum absolute atomic E-state index is 0.123. The zero-order valence-electron chi connectivity index (χ0n) is 14.7. The van der Waals surface area contributed by atoms with Crippen molar-refractivity contribution >= 4 is 5.78 Å². The second-order valence-corrected chi connectivity index (χ2v) is 7.54. The van der Waals surface area contributed by atoms with E-state index in [9.17, 15) is 4.79 Å². The number of carbonyl (C=O) groups excluding carboxylic acids is 1. The fraction of sp³-hybridized carbons (Fsp3) is 0.455. The van der Waals surface area contributed by atoms with Gasteiger partial charge in [0.2, 0.25) is 0 Å². The lowest BCUT2D eigenvalue weighted by Gasteiger charge is -2.28. The first kappa shape index (κ1) is 16.5. The summed E-state index contributed by atoms with van der Waals surface area (Å²) in [4.78, 5) is 17.8. The van der Waals surface area contributed by atoms with Gasteiger partial charge in [0.05, 0.1) is 5.69 Å². The van der Waals surface area contributed by atoms with Gasteiger partial charge in [-0.15, -0.1) is 0 Å².